The monoisotopic (exact) mass is 283 g/mol. The highest BCUT2D eigenvalue weighted by Gasteiger charge is 2.26. The lowest BCUT2D eigenvalue weighted by Gasteiger charge is -2.30. The minimum Gasteiger partial charge on any atom is -0.386 e. The van der Waals surface area contributed by atoms with Gasteiger partial charge in [0.2, 0.25) is 0 Å². The summed E-state index contributed by atoms with van der Waals surface area (Å²) >= 11 is 0. The lowest BCUT2D eigenvalue weighted by molar-refractivity contribution is 0.0781. The average Bonchev–Trinajstić information content (AvgIpc) is 2.41. The standard InChI is InChI=1S/C18H24BO2/c1-13(14-9-10-16(20)17(21)11-14)12-18(2,3)19-15-7-5-4-6-8-15/h4-11,13,16-17,20-21H,12H2,1-3H3. The van der Waals surface area contributed by atoms with Crippen molar-refractivity contribution in [3.05, 3.63) is 54.1 Å². The van der Waals surface area contributed by atoms with Crippen LogP contribution >= 0.6 is 0 Å². The van der Waals surface area contributed by atoms with Gasteiger partial charge in [0.1, 0.15) is 12.2 Å². The number of aliphatic hydroxyl groups is 2. The van der Waals surface area contributed by atoms with Crippen LogP contribution in [-0.4, -0.2) is 29.7 Å². The van der Waals surface area contributed by atoms with Gasteiger partial charge >= 0.3 is 0 Å². The van der Waals surface area contributed by atoms with Crippen LogP contribution in [0.3, 0.4) is 0 Å². The van der Waals surface area contributed by atoms with Crippen LogP contribution in [0.15, 0.2) is 54.1 Å². The molecule has 111 valence electrons. The first-order valence-electron chi connectivity index (χ1n) is 7.54. The lowest BCUT2D eigenvalue weighted by Crippen LogP contribution is -2.28. The fourth-order valence-electron chi connectivity index (χ4n) is 2.97. The second kappa shape index (κ2) is 6.63. The number of hydrogen-bond acceptors (Lipinski definition) is 2. The lowest BCUT2D eigenvalue weighted by atomic mass is 9.48. The molecule has 1 aliphatic carbocycles. The van der Waals surface area contributed by atoms with Crippen molar-refractivity contribution in [2.45, 2.75) is 44.7 Å². The summed E-state index contributed by atoms with van der Waals surface area (Å²) in [5, 5.41) is 19.3. The van der Waals surface area contributed by atoms with Crippen LogP contribution in [0, 0.1) is 5.92 Å². The Labute approximate surface area is 128 Å². The molecule has 0 bridgehead atoms. The topological polar surface area (TPSA) is 40.5 Å². The van der Waals surface area contributed by atoms with Gasteiger partial charge in [0.25, 0.3) is 0 Å². The highest BCUT2D eigenvalue weighted by atomic mass is 16.3. The Morgan fingerprint density at radius 2 is 1.81 bits per heavy atom. The molecular weight excluding hydrogens is 259 g/mol. The van der Waals surface area contributed by atoms with Crippen molar-refractivity contribution >= 4 is 12.7 Å². The maximum absolute atomic E-state index is 9.75. The molecule has 3 atom stereocenters. The Morgan fingerprint density at radius 3 is 2.43 bits per heavy atom. The summed E-state index contributed by atoms with van der Waals surface area (Å²) in [5.74, 6) is 0.332. The van der Waals surface area contributed by atoms with Crippen LogP contribution in [0.1, 0.15) is 27.2 Å². The average molecular weight is 283 g/mol. The van der Waals surface area contributed by atoms with Gasteiger partial charge in [-0.15, -0.1) is 0 Å². The molecule has 3 unspecified atom stereocenters. The second-order valence-electron chi connectivity index (χ2n) is 6.66. The smallest absolute Gasteiger partial charge is 0.158 e. The quantitative estimate of drug-likeness (QED) is 0.815. The summed E-state index contributed by atoms with van der Waals surface area (Å²) in [4.78, 5) is 0. The molecule has 0 spiro atoms. The predicted octanol–water partition coefficient (Wildman–Crippen LogP) is 2.46. The van der Waals surface area contributed by atoms with E-state index in [4.69, 9.17) is 0 Å². The Balaban J connectivity index is 2.00. The summed E-state index contributed by atoms with van der Waals surface area (Å²) in [6.07, 6.45) is 4.80. The van der Waals surface area contributed by atoms with Gasteiger partial charge < -0.3 is 10.2 Å². The Hall–Kier alpha value is -1.32. The molecule has 2 N–H and O–H groups in total. The van der Waals surface area contributed by atoms with Crippen molar-refractivity contribution in [2.75, 3.05) is 0 Å². The van der Waals surface area contributed by atoms with Crippen molar-refractivity contribution in [3.8, 4) is 0 Å². The van der Waals surface area contributed by atoms with E-state index in [2.05, 4.69) is 52.3 Å². The molecule has 2 nitrogen and oxygen atoms in total. The normalized spacial score (nSPS) is 23.6. The van der Waals surface area contributed by atoms with Gasteiger partial charge in [0.05, 0.1) is 0 Å². The first-order valence-corrected chi connectivity index (χ1v) is 7.54. The molecular formula is C18H24BO2. The van der Waals surface area contributed by atoms with E-state index in [1.54, 1.807) is 12.2 Å². The SMILES string of the molecule is CC(CC(C)(C)[B]c1ccccc1)C1=CC(O)C(O)C=C1. The van der Waals surface area contributed by atoms with Crippen LogP contribution in [-0.2, 0) is 0 Å². The third kappa shape index (κ3) is 4.58. The van der Waals surface area contributed by atoms with Gasteiger partial charge in [-0.25, -0.2) is 0 Å². The molecule has 0 saturated heterocycles. The summed E-state index contributed by atoms with van der Waals surface area (Å²) in [6, 6.07) is 10.4. The van der Waals surface area contributed by atoms with E-state index >= 15 is 0 Å². The van der Waals surface area contributed by atoms with Crippen LogP contribution in [0.5, 0.6) is 0 Å². The molecule has 0 aliphatic heterocycles. The Bertz CT molecular complexity index is 519. The third-order valence-corrected chi connectivity index (χ3v) is 3.96. The fourth-order valence-corrected chi connectivity index (χ4v) is 2.97. The number of hydrogen-bond donors (Lipinski definition) is 2. The van der Waals surface area contributed by atoms with Crippen molar-refractivity contribution in [2.24, 2.45) is 5.92 Å². The number of aliphatic hydroxyl groups excluding tert-OH is 2. The van der Waals surface area contributed by atoms with E-state index in [9.17, 15) is 10.2 Å². The highest BCUT2D eigenvalue weighted by molar-refractivity contribution is 6.56. The van der Waals surface area contributed by atoms with E-state index in [-0.39, 0.29) is 5.31 Å². The van der Waals surface area contributed by atoms with Gasteiger partial charge in [-0.1, -0.05) is 74.0 Å². The second-order valence-corrected chi connectivity index (χ2v) is 6.66. The molecule has 0 aromatic heterocycles. The maximum atomic E-state index is 9.75. The minimum absolute atomic E-state index is 0.0659. The molecule has 21 heavy (non-hydrogen) atoms. The van der Waals surface area contributed by atoms with Gasteiger partial charge in [-0.05, 0) is 24.0 Å². The zero-order valence-electron chi connectivity index (χ0n) is 13.0. The predicted molar refractivity (Wildman–Crippen MR) is 88.9 cm³/mol. The largest absolute Gasteiger partial charge is 0.386 e. The molecule has 2 rings (SSSR count). The zero-order chi connectivity index (χ0) is 15.5. The molecule has 0 heterocycles. The fraction of sp³-hybridized carbons (Fsp3) is 0.444. The van der Waals surface area contributed by atoms with E-state index < -0.39 is 12.2 Å². The van der Waals surface area contributed by atoms with Crippen molar-refractivity contribution in [1.82, 2.24) is 0 Å². The third-order valence-electron chi connectivity index (χ3n) is 3.96. The number of benzene rings is 1. The molecule has 1 aliphatic rings. The molecule has 0 saturated carbocycles. The van der Waals surface area contributed by atoms with Crippen molar-refractivity contribution < 1.29 is 10.2 Å². The van der Waals surface area contributed by atoms with E-state index in [1.807, 2.05) is 12.1 Å². The molecule has 1 aromatic rings. The molecule has 3 heteroatoms. The summed E-state index contributed by atoms with van der Waals surface area (Å²) in [7, 11) is 2.29. The van der Waals surface area contributed by atoms with E-state index in [0.717, 1.165) is 12.0 Å². The molecule has 1 aromatic carbocycles. The number of allylic oxidation sites excluding steroid dienone is 2. The zero-order valence-corrected chi connectivity index (χ0v) is 13.0. The van der Waals surface area contributed by atoms with Crippen LogP contribution in [0.2, 0.25) is 5.31 Å². The van der Waals surface area contributed by atoms with E-state index in [1.165, 1.54) is 5.46 Å². The van der Waals surface area contributed by atoms with Gasteiger partial charge in [0, 0.05) is 0 Å². The maximum Gasteiger partial charge on any atom is 0.158 e. The van der Waals surface area contributed by atoms with Crippen LogP contribution in [0.25, 0.3) is 0 Å². The summed E-state index contributed by atoms with van der Waals surface area (Å²) < 4.78 is 0. The van der Waals surface area contributed by atoms with E-state index in [0.29, 0.717) is 5.92 Å². The Kier molecular flexibility index (Phi) is 5.07. The first kappa shape index (κ1) is 16.1. The van der Waals surface area contributed by atoms with Crippen molar-refractivity contribution in [1.29, 1.82) is 0 Å². The van der Waals surface area contributed by atoms with Gasteiger partial charge in [0.15, 0.2) is 7.28 Å². The molecule has 0 fully saturated rings. The molecule has 0 amide bonds. The highest BCUT2D eigenvalue weighted by Crippen LogP contribution is 2.35. The first-order chi connectivity index (χ1) is 9.87. The number of rotatable bonds is 5. The van der Waals surface area contributed by atoms with Crippen LogP contribution in [0.4, 0.5) is 0 Å². The van der Waals surface area contributed by atoms with Gasteiger partial charge in [-0.2, -0.15) is 0 Å². The molecule has 1 radical (unpaired) electrons. The minimum atomic E-state index is -0.784. The van der Waals surface area contributed by atoms with Gasteiger partial charge in [-0.3, -0.25) is 0 Å². The van der Waals surface area contributed by atoms with Crippen molar-refractivity contribution in [3.63, 3.8) is 0 Å². The summed E-state index contributed by atoms with van der Waals surface area (Å²) in [6.45, 7) is 6.63. The Morgan fingerprint density at radius 1 is 1.14 bits per heavy atom. The summed E-state index contributed by atoms with van der Waals surface area (Å²) in [5.41, 5.74) is 2.33. The van der Waals surface area contributed by atoms with Crippen LogP contribution < -0.4 is 5.46 Å².